The molecule has 0 spiro atoms. The van der Waals surface area contributed by atoms with Crippen molar-refractivity contribution < 1.29 is 4.79 Å². The minimum absolute atomic E-state index is 0.504. The molecule has 0 saturated carbocycles. The van der Waals surface area contributed by atoms with Gasteiger partial charge in [-0.15, -0.1) is 0 Å². The number of carbonyl (C=O) groups excluding carboxylic acids is 1. The minimum Gasteiger partial charge on any atom is -0.351 e. The van der Waals surface area contributed by atoms with E-state index >= 15 is 0 Å². The van der Waals surface area contributed by atoms with Crippen molar-refractivity contribution in [3.05, 3.63) is 29.8 Å². The van der Waals surface area contributed by atoms with Crippen molar-refractivity contribution in [3.8, 4) is 0 Å². The molecule has 0 bridgehead atoms. The number of hydrogen-bond donors (Lipinski definition) is 2. The van der Waals surface area contributed by atoms with Gasteiger partial charge in [-0.1, -0.05) is 38.8 Å². The highest BCUT2D eigenvalue weighted by Gasteiger charge is 2.31. The van der Waals surface area contributed by atoms with Crippen molar-refractivity contribution in [3.63, 3.8) is 0 Å². The molecule has 0 unspecified atom stereocenters. The maximum Gasteiger partial charge on any atom is 0.316 e. The normalized spacial score (nSPS) is 21.5. The predicted octanol–water partition coefficient (Wildman–Crippen LogP) is 4.15. The van der Waals surface area contributed by atoms with Gasteiger partial charge in [-0.25, -0.2) is 4.79 Å². The van der Waals surface area contributed by atoms with Gasteiger partial charge in [0.2, 0.25) is 0 Å². The van der Waals surface area contributed by atoms with Crippen molar-refractivity contribution in [2.45, 2.75) is 70.9 Å². The van der Waals surface area contributed by atoms with Crippen LogP contribution in [0.3, 0.4) is 0 Å². The number of anilines is 1. The quantitative estimate of drug-likeness (QED) is 0.756. The highest BCUT2D eigenvalue weighted by molar-refractivity contribution is 5.87. The summed E-state index contributed by atoms with van der Waals surface area (Å²) in [5.41, 5.74) is 7.28. The molecule has 3 N–H and O–H groups in total. The van der Waals surface area contributed by atoms with Gasteiger partial charge in [-0.05, 0) is 56.3 Å². The Kier molecular flexibility index (Phi) is 6.90. The van der Waals surface area contributed by atoms with E-state index in [0.29, 0.717) is 6.04 Å². The first kappa shape index (κ1) is 17.8. The maximum atomic E-state index is 11.0. The molecule has 23 heavy (non-hydrogen) atoms. The summed E-state index contributed by atoms with van der Waals surface area (Å²) in [4.78, 5) is 13.7. The number of amides is 2. The molecule has 128 valence electrons. The number of urea groups is 1. The number of hydrogen-bond acceptors (Lipinski definition) is 2. The Morgan fingerprint density at radius 1 is 1.26 bits per heavy atom. The molecule has 4 nitrogen and oxygen atoms in total. The van der Waals surface area contributed by atoms with Gasteiger partial charge >= 0.3 is 6.03 Å². The van der Waals surface area contributed by atoms with Crippen LogP contribution in [0.2, 0.25) is 0 Å². The lowest BCUT2D eigenvalue weighted by Crippen LogP contribution is -2.38. The second-order valence-electron chi connectivity index (χ2n) is 6.66. The Morgan fingerprint density at radius 2 is 2.04 bits per heavy atom. The van der Waals surface area contributed by atoms with Crippen molar-refractivity contribution in [1.82, 2.24) is 4.90 Å². The monoisotopic (exact) mass is 317 g/mol. The van der Waals surface area contributed by atoms with Gasteiger partial charge in [0.25, 0.3) is 0 Å². The van der Waals surface area contributed by atoms with Gasteiger partial charge in [0.1, 0.15) is 0 Å². The molecule has 0 radical (unpaired) electrons. The Hall–Kier alpha value is -1.55. The maximum absolute atomic E-state index is 11.0. The van der Waals surface area contributed by atoms with Gasteiger partial charge in [0.15, 0.2) is 0 Å². The second kappa shape index (κ2) is 8.92. The summed E-state index contributed by atoms with van der Waals surface area (Å²) in [6.45, 7) is 5.76. The zero-order valence-electron chi connectivity index (χ0n) is 14.6. The van der Waals surface area contributed by atoms with Crippen molar-refractivity contribution in [1.29, 1.82) is 0 Å². The van der Waals surface area contributed by atoms with E-state index in [1.165, 1.54) is 50.6 Å². The SMILES string of the molecule is CCCCN1[C@@H](CCC)CC[C@H]1Cc1cccc(NC(N)=O)c1. The standard InChI is InChI=1S/C19H31N3O/c1-3-5-12-22-17(7-4-2)10-11-18(22)14-15-8-6-9-16(13-15)21-19(20)23/h6,8-9,13,17-18H,3-5,7,10-12,14H2,1-2H3,(H3,20,21,23)/t17-,18-/m0/s1. The lowest BCUT2D eigenvalue weighted by atomic mass is 10.0. The van der Waals surface area contributed by atoms with E-state index in [4.69, 9.17) is 5.73 Å². The first-order valence-corrected chi connectivity index (χ1v) is 9.05. The number of rotatable bonds is 8. The highest BCUT2D eigenvalue weighted by atomic mass is 16.2. The van der Waals surface area contributed by atoms with Crippen LogP contribution in [-0.2, 0) is 6.42 Å². The number of likely N-dealkylation sites (tertiary alicyclic amines) is 1. The van der Waals surface area contributed by atoms with Crippen LogP contribution in [0.15, 0.2) is 24.3 Å². The second-order valence-corrected chi connectivity index (χ2v) is 6.66. The molecule has 4 heteroatoms. The van der Waals surface area contributed by atoms with Crippen LogP contribution in [0.4, 0.5) is 10.5 Å². The number of nitrogens with zero attached hydrogens (tertiary/aromatic N) is 1. The molecule has 0 aliphatic carbocycles. The summed E-state index contributed by atoms with van der Waals surface area (Å²) in [7, 11) is 0. The molecular formula is C19H31N3O. The lowest BCUT2D eigenvalue weighted by Gasteiger charge is -2.30. The molecule has 1 aromatic rings. The number of primary amides is 1. The third-order valence-electron chi connectivity index (χ3n) is 4.83. The van der Waals surface area contributed by atoms with Gasteiger partial charge < -0.3 is 11.1 Å². The van der Waals surface area contributed by atoms with Gasteiger partial charge in [0, 0.05) is 17.8 Å². The zero-order chi connectivity index (χ0) is 16.7. The van der Waals surface area contributed by atoms with Crippen molar-refractivity contribution in [2.24, 2.45) is 5.73 Å². The largest absolute Gasteiger partial charge is 0.351 e. The molecule has 1 aliphatic heterocycles. The van der Waals surface area contributed by atoms with Crippen LogP contribution >= 0.6 is 0 Å². The van der Waals surface area contributed by atoms with Gasteiger partial charge in [-0.3, -0.25) is 4.90 Å². The van der Waals surface area contributed by atoms with Crippen LogP contribution in [0.5, 0.6) is 0 Å². The highest BCUT2D eigenvalue weighted by Crippen LogP contribution is 2.30. The van der Waals surface area contributed by atoms with E-state index in [1.54, 1.807) is 0 Å². The average Bonchev–Trinajstić information content (AvgIpc) is 2.87. The number of carbonyl (C=O) groups is 1. The van der Waals surface area contributed by atoms with E-state index in [1.807, 2.05) is 12.1 Å². The van der Waals surface area contributed by atoms with E-state index in [2.05, 4.69) is 36.2 Å². The molecule has 2 atom stereocenters. The van der Waals surface area contributed by atoms with Crippen molar-refractivity contribution in [2.75, 3.05) is 11.9 Å². The lowest BCUT2D eigenvalue weighted by molar-refractivity contribution is 0.180. The summed E-state index contributed by atoms with van der Waals surface area (Å²) < 4.78 is 0. The molecule has 2 rings (SSSR count). The Morgan fingerprint density at radius 3 is 2.74 bits per heavy atom. The summed E-state index contributed by atoms with van der Waals surface area (Å²) in [5, 5.41) is 2.67. The van der Waals surface area contributed by atoms with Crippen LogP contribution in [-0.4, -0.2) is 29.6 Å². The third-order valence-corrected chi connectivity index (χ3v) is 4.83. The molecule has 1 heterocycles. The van der Waals surface area contributed by atoms with Crippen LogP contribution in [0.25, 0.3) is 0 Å². The van der Waals surface area contributed by atoms with E-state index in [0.717, 1.165) is 18.2 Å². The average molecular weight is 317 g/mol. The molecule has 1 fully saturated rings. The van der Waals surface area contributed by atoms with Gasteiger partial charge in [0.05, 0.1) is 0 Å². The summed E-state index contributed by atoms with van der Waals surface area (Å²) >= 11 is 0. The molecule has 1 saturated heterocycles. The fourth-order valence-electron chi connectivity index (χ4n) is 3.77. The summed E-state index contributed by atoms with van der Waals surface area (Å²) in [6, 6.07) is 8.96. The van der Waals surface area contributed by atoms with E-state index < -0.39 is 6.03 Å². The predicted molar refractivity (Wildman–Crippen MR) is 96.7 cm³/mol. The molecule has 1 aliphatic rings. The fraction of sp³-hybridized carbons (Fsp3) is 0.632. The summed E-state index contributed by atoms with van der Waals surface area (Å²) in [6.07, 6.45) is 8.75. The first-order chi connectivity index (χ1) is 11.1. The Labute approximate surface area is 140 Å². The Balaban J connectivity index is 2.03. The fourth-order valence-corrected chi connectivity index (χ4v) is 3.77. The van der Waals surface area contributed by atoms with Crippen LogP contribution in [0.1, 0.15) is 57.9 Å². The van der Waals surface area contributed by atoms with Crippen LogP contribution in [0, 0.1) is 0 Å². The molecule has 1 aromatic carbocycles. The number of nitrogens with one attached hydrogen (secondary N) is 1. The van der Waals surface area contributed by atoms with Gasteiger partial charge in [-0.2, -0.15) is 0 Å². The molecule has 2 amide bonds. The number of unbranched alkanes of at least 4 members (excludes halogenated alkanes) is 1. The molecule has 0 aromatic heterocycles. The first-order valence-electron chi connectivity index (χ1n) is 9.05. The molecular weight excluding hydrogens is 286 g/mol. The van der Waals surface area contributed by atoms with Crippen LogP contribution < -0.4 is 11.1 Å². The van der Waals surface area contributed by atoms with Crippen molar-refractivity contribution >= 4 is 11.7 Å². The third kappa shape index (κ3) is 5.24. The zero-order valence-corrected chi connectivity index (χ0v) is 14.6. The number of nitrogens with two attached hydrogens (primary N) is 1. The minimum atomic E-state index is -0.504. The van der Waals surface area contributed by atoms with E-state index in [-0.39, 0.29) is 0 Å². The Bertz CT molecular complexity index is 503. The summed E-state index contributed by atoms with van der Waals surface area (Å²) in [5.74, 6) is 0. The smallest absolute Gasteiger partial charge is 0.316 e. The van der Waals surface area contributed by atoms with E-state index in [9.17, 15) is 4.79 Å². The topological polar surface area (TPSA) is 58.4 Å². The number of benzene rings is 1.